The fourth-order valence-corrected chi connectivity index (χ4v) is 4.57. The molecule has 3 rings (SSSR count). The zero-order valence-corrected chi connectivity index (χ0v) is 18.2. The van der Waals surface area contributed by atoms with Crippen molar-refractivity contribution in [2.75, 3.05) is 26.2 Å². The summed E-state index contributed by atoms with van der Waals surface area (Å²) >= 11 is 4.32. The smallest absolute Gasteiger partial charge is 0.294 e. The molecule has 2 saturated heterocycles. The molecule has 6 nitrogen and oxygen atoms in total. The minimum Gasteiger partial charge on any atom is -0.493 e. The number of thioether (sulfide) groups is 1. The normalized spacial score (nSPS) is 19.3. The standard InChI is InChI=1S/C20H23BrN2O4S/c1-2-27-16-8-7-14(11-15(16)21)12-17-19(25)23(20(26)28-17)13-18(24)22-9-5-3-4-6-10-22/h7-8,11-12H,2-6,9-10,13H2,1H3. The number of amides is 3. The van der Waals surface area contributed by atoms with Crippen LogP contribution in [0.1, 0.15) is 38.2 Å². The fourth-order valence-electron chi connectivity index (χ4n) is 3.22. The van der Waals surface area contributed by atoms with Gasteiger partial charge in [0.25, 0.3) is 11.1 Å². The van der Waals surface area contributed by atoms with E-state index in [9.17, 15) is 14.4 Å². The van der Waals surface area contributed by atoms with Crippen molar-refractivity contribution in [1.29, 1.82) is 0 Å². The lowest BCUT2D eigenvalue weighted by atomic mass is 10.2. The summed E-state index contributed by atoms with van der Waals surface area (Å²) in [5.41, 5.74) is 0.777. The van der Waals surface area contributed by atoms with Gasteiger partial charge in [-0.25, -0.2) is 0 Å². The van der Waals surface area contributed by atoms with Crippen LogP contribution in [0.5, 0.6) is 5.75 Å². The lowest BCUT2D eigenvalue weighted by Gasteiger charge is -2.22. The summed E-state index contributed by atoms with van der Waals surface area (Å²) in [4.78, 5) is 40.7. The van der Waals surface area contributed by atoms with Gasteiger partial charge in [-0.2, -0.15) is 0 Å². The van der Waals surface area contributed by atoms with Gasteiger partial charge in [0.15, 0.2) is 0 Å². The number of hydrogen-bond acceptors (Lipinski definition) is 5. The van der Waals surface area contributed by atoms with Gasteiger partial charge in [-0.3, -0.25) is 19.3 Å². The van der Waals surface area contributed by atoms with E-state index in [1.165, 1.54) is 0 Å². The van der Waals surface area contributed by atoms with Gasteiger partial charge in [0.1, 0.15) is 12.3 Å². The number of imide groups is 1. The van der Waals surface area contributed by atoms with E-state index < -0.39 is 11.1 Å². The topological polar surface area (TPSA) is 66.9 Å². The minimum absolute atomic E-state index is 0.158. The maximum absolute atomic E-state index is 12.7. The van der Waals surface area contributed by atoms with Crippen molar-refractivity contribution >= 4 is 50.8 Å². The first kappa shape index (κ1) is 20.9. The van der Waals surface area contributed by atoms with E-state index in [1.807, 2.05) is 25.1 Å². The molecule has 0 aromatic heterocycles. The molecule has 0 saturated carbocycles. The maximum atomic E-state index is 12.7. The number of likely N-dealkylation sites (tertiary alicyclic amines) is 1. The lowest BCUT2D eigenvalue weighted by Crippen LogP contribution is -2.42. The third kappa shape index (κ3) is 4.97. The van der Waals surface area contributed by atoms with Crippen LogP contribution in [-0.4, -0.2) is 53.1 Å². The van der Waals surface area contributed by atoms with E-state index in [4.69, 9.17) is 4.74 Å². The third-order valence-corrected chi connectivity index (χ3v) is 6.21. The van der Waals surface area contributed by atoms with Gasteiger partial charge in [-0.1, -0.05) is 18.9 Å². The average molecular weight is 467 g/mol. The van der Waals surface area contributed by atoms with Crippen molar-refractivity contribution in [3.8, 4) is 5.75 Å². The molecule has 2 aliphatic rings. The molecule has 0 radical (unpaired) electrons. The monoisotopic (exact) mass is 466 g/mol. The molecule has 28 heavy (non-hydrogen) atoms. The highest BCUT2D eigenvalue weighted by Crippen LogP contribution is 2.34. The molecule has 0 atom stereocenters. The molecular weight excluding hydrogens is 444 g/mol. The van der Waals surface area contributed by atoms with Crippen LogP contribution in [0.2, 0.25) is 0 Å². The number of carbonyl (C=O) groups excluding carboxylic acids is 3. The van der Waals surface area contributed by atoms with E-state index in [-0.39, 0.29) is 12.5 Å². The molecule has 0 spiro atoms. The number of carbonyl (C=O) groups is 3. The summed E-state index contributed by atoms with van der Waals surface area (Å²) in [5, 5.41) is -0.399. The Morgan fingerprint density at radius 2 is 1.93 bits per heavy atom. The highest BCUT2D eigenvalue weighted by Gasteiger charge is 2.37. The van der Waals surface area contributed by atoms with Gasteiger partial charge in [0.2, 0.25) is 5.91 Å². The van der Waals surface area contributed by atoms with Crippen molar-refractivity contribution in [2.24, 2.45) is 0 Å². The lowest BCUT2D eigenvalue weighted by molar-refractivity contribution is -0.135. The molecular formula is C20H23BrN2O4S. The van der Waals surface area contributed by atoms with Crippen LogP contribution in [0.25, 0.3) is 6.08 Å². The number of ether oxygens (including phenoxy) is 1. The van der Waals surface area contributed by atoms with Crippen LogP contribution in [0, 0.1) is 0 Å². The molecule has 8 heteroatoms. The first-order valence-corrected chi connectivity index (χ1v) is 11.1. The highest BCUT2D eigenvalue weighted by atomic mass is 79.9. The first-order chi connectivity index (χ1) is 13.5. The van der Waals surface area contributed by atoms with Gasteiger partial charge in [-0.15, -0.1) is 0 Å². The second-order valence-corrected chi connectivity index (χ2v) is 8.53. The number of benzene rings is 1. The molecule has 150 valence electrons. The summed E-state index contributed by atoms with van der Waals surface area (Å²) in [7, 11) is 0. The van der Waals surface area contributed by atoms with E-state index in [0.29, 0.717) is 24.6 Å². The van der Waals surface area contributed by atoms with E-state index in [0.717, 1.165) is 58.1 Å². The average Bonchev–Trinajstić information content (AvgIpc) is 2.88. The zero-order valence-electron chi connectivity index (χ0n) is 15.8. The van der Waals surface area contributed by atoms with Crippen molar-refractivity contribution < 1.29 is 19.1 Å². The van der Waals surface area contributed by atoms with Crippen molar-refractivity contribution in [2.45, 2.75) is 32.6 Å². The number of rotatable bonds is 5. The summed E-state index contributed by atoms with van der Waals surface area (Å²) in [6.45, 7) is 3.68. The highest BCUT2D eigenvalue weighted by molar-refractivity contribution is 9.10. The molecule has 0 N–H and O–H groups in total. The Morgan fingerprint density at radius 1 is 1.21 bits per heavy atom. The van der Waals surface area contributed by atoms with Gasteiger partial charge in [-0.05, 0) is 71.2 Å². The van der Waals surface area contributed by atoms with Crippen molar-refractivity contribution in [3.63, 3.8) is 0 Å². The van der Waals surface area contributed by atoms with Crippen molar-refractivity contribution in [3.05, 3.63) is 33.1 Å². The summed E-state index contributed by atoms with van der Waals surface area (Å²) in [6, 6.07) is 5.47. The number of hydrogen-bond donors (Lipinski definition) is 0. The van der Waals surface area contributed by atoms with E-state index in [2.05, 4.69) is 15.9 Å². The van der Waals surface area contributed by atoms with E-state index in [1.54, 1.807) is 11.0 Å². The van der Waals surface area contributed by atoms with Crippen LogP contribution in [0.4, 0.5) is 4.79 Å². The second-order valence-electron chi connectivity index (χ2n) is 6.69. The van der Waals surface area contributed by atoms with Crippen LogP contribution in [0.15, 0.2) is 27.6 Å². The second kappa shape index (κ2) is 9.60. The molecule has 0 aliphatic carbocycles. The molecule has 3 amide bonds. The van der Waals surface area contributed by atoms with E-state index >= 15 is 0 Å². The van der Waals surface area contributed by atoms with Gasteiger partial charge in [0, 0.05) is 13.1 Å². The Balaban J connectivity index is 1.69. The van der Waals surface area contributed by atoms with Crippen LogP contribution in [-0.2, 0) is 9.59 Å². The summed E-state index contributed by atoms with van der Waals surface area (Å²) in [6.07, 6.45) is 5.85. The van der Waals surface area contributed by atoms with Crippen LogP contribution in [0.3, 0.4) is 0 Å². The molecule has 1 aromatic rings. The molecule has 2 aliphatic heterocycles. The predicted octanol–water partition coefficient (Wildman–Crippen LogP) is 4.29. The summed E-state index contributed by atoms with van der Waals surface area (Å²) < 4.78 is 6.26. The molecule has 2 fully saturated rings. The third-order valence-electron chi connectivity index (χ3n) is 4.68. The summed E-state index contributed by atoms with van der Waals surface area (Å²) in [5.74, 6) is 0.147. The number of nitrogens with zero attached hydrogens (tertiary/aromatic N) is 2. The minimum atomic E-state index is -0.414. The Morgan fingerprint density at radius 3 is 2.57 bits per heavy atom. The van der Waals surface area contributed by atoms with Gasteiger partial charge in [0.05, 0.1) is 16.0 Å². The predicted molar refractivity (Wildman–Crippen MR) is 113 cm³/mol. The Kier molecular flexibility index (Phi) is 7.18. The Labute approximate surface area is 177 Å². The van der Waals surface area contributed by atoms with Crippen LogP contribution < -0.4 is 4.74 Å². The molecule has 0 bridgehead atoms. The zero-order chi connectivity index (χ0) is 20.1. The largest absolute Gasteiger partial charge is 0.493 e. The SMILES string of the molecule is CCOc1ccc(C=C2SC(=O)N(CC(=O)N3CCCCCC3)C2=O)cc1Br. The van der Waals surface area contributed by atoms with Crippen LogP contribution >= 0.6 is 27.7 Å². The van der Waals surface area contributed by atoms with Gasteiger partial charge < -0.3 is 9.64 Å². The Bertz CT molecular complexity index is 803. The first-order valence-electron chi connectivity index (χ1n) is 9.45. The molecule has 1 aromatic carbocycles. The number of halogens is 1. The maximum Gasteiger partial charge on any atom is 0.294 e. The van der Waals surface area contributed by atoms with Crippen molar-refractivity contribution in [1.82, 2.24) is 9.80 Å². The fraction of sp³-hybridized carbons (Fsp3) is 0.450. The quantitative estimate of drug-likeness (QED) is 0.605. The van der Waals surface area contributed by atoms with Gasteiger partial charge >= 0.3 is 0 Å². The molecule has 0 unspecified atom stereocenters. The molecule has 2 heterocycles. The Hall–Kier alpha value is -1.80.